The number of Topliss-reactive ketones (excluding diaryl/α,β-unsaturated/α-hetero) is 4. The van der Waals surface area contributed by atoms with Crippen LogP contribution >= 0.6 is 0 Å². The van der Waals surface area contributed by atoms with E-state index in [4.69, 9.17) is 62.6 Å². The number of ketones is 4. The summed E-state index contributed by atoms with van der Waals surface area (Å²) in [6.45, 7) is 31.1. The van der Waals surface area contributed by atoms with E-state index in [1.54, 1.807) is 127 Å². The second kappa shape index (κ2) is 51.5. The maximum atomic E-state index is 15.3. The lowest BCUT2D eigenvalue weighted by atomic mass is 9.73. The van der Waals surface area contributed by atoms with Gasteiger partial charge in [-0.15, -0.1) is 0 Å². The van der Waals surface area contributed by atoms with Crippen molar-refractivity contribution in [1.82, 2.24) is 44.0 Å². The summed E-state index contributed by atoms with van der Waals surface area (Å²) in [5, 5.41) is 1.94. The number of carbonyl (C=O) groups excluding carboxylic acids is 10. The minimum Gasteiger partial charge on any atom is -0.458 e. The van der Waals surface area contributed by atoms with E-state index >= 15 is 9.59 Å². The van der Waals surface area contributed by atoms with Crippen molar-refractivity contribution < 1.29 is 105 Å². The molecule has 0 saturated carbocycles. The Morgan fingerprint density at radius 1 is 0.565 bits per heavy atom. The zero-order valence-electron chi connectivity index (χ0n) is 89.8. The average molecular weight is 2030 g/mol. The van der Waals surface area contributed by atoms with Crippen molar-refractivity contribution in [2.45, 2.75) is 302 Å². The molecule has 7 aliphatic rings. The van der Waals surface area contributed by atoms with Gasteiger partial charge in [-0.25, -0.2) is 28.7 Å². The van der Waals surface area contributed by atoms with Crippen molar-refractivity contribution >= 4 is 93.2 Å². The van der Waals surface area contributed by atoms with E-state index in [1.165, 1.54) is 64.5 Å². The van der Waals surface area contributed by atoms with Crippen molar-refractivity contribution in [2.75, 3.05) is 81.7 Å². The highest BCUT2D eigenvalue weighted by molar-refractivity contribution is 6.01. The lowest BCUT2D eigenvalue weighted by molar-refractivity contribution is -0.296. The number of nitrogens with zero attached hydrogens (tertiary/aromatic N) is 9. The number of para-hydroxylation sites is 2. The molecular formula is C115H156N10O22. The van der Waals surface area contributed by atoms with E-state index in [9.17, 15) is 38.4 Å². The number of likely N-dealkylation sites (N-methyl/N-ethyl adjacent to an activating group) is 2. The van der Waals surface area contributed by atoms with Gasteiger partial charge in [0.1, 0.15) is 36.2 Å². The number of nitrogens with two attached hydrogens (primary N) is 1. The first kappa shape index (κ1) is 115. The molecule has 2 N–H and O–H groups in total. The summed E-state index contributed by atoms with van der Waals surface area (Å²) in [7, 11) is 11.8. The third kappa shape index (κ3) is 28.2. The van der Waals surface area contributed by atoms with Crippen LogP contribution in [0.3, 0.4) is 0 Å². The number of hydrogen-bond acceptors (Lipinski definition) is 30. The van der Waals surface area contributed by atoms with Crippen molar-refractivity contribution in [1.29, 1.82) is 0 Å². The molecule has 14 rings (SSSR count). The lowest BCUT2D eigenvalue weighted by Crippen LogP contribution is -2.61. The zero-order chi connectivity index (χ0) is 107. The zero-order valence-corrected chi connectivity index (χ0v) is 89.8. The van der Waals surface area contributed by atoms with Crippen molar-refractivity contribution in [3.8, 4) is 0 Å². The summed E-state index contributed by atoms with van der Waals surface area (Å²) in [4.78, 5) is 167. The monoisotopic (exact) mass is 2030 g/mol. The summed E-state index contributed by atoms with van der Waals surface area (Å²) >= 11 is 0. The predicted molar refractivity (Wildman–Crippen MR) is 559 cm³/mol. The van der Waals surface area contributed by atoms with Gasteiger partial charge in [-0.1, -0.05) is 146 Å². The summed E-state index contributed by atoms with van der Waals surface area (Å²) in [6.07, 6.45) is 13.7. The Morgan fingerprint density at radius 2 is 1.01 bits per heavy atom. The highest BCUT2D eigenvalue weighted by atomic mass is 16.7. The molecule has 798 valence electrons. The molecule has 26 atom stereocenters. The number of cyclic esters (lactones) is 2. The highest BCUT2D eigenvalue weighted by Gasteiger charge is 2.62. The number of imidazole rings is 1. The Labute approximate surface area is 866 Å². The number of pyridine rings is 2. The Bertz CT molecular complexity index is 5730. The lowest BCUT2D eigenvalue weighted by Gasteiger charge is -2.48. The van der Waals surface area contributed by atoms with Gasteiger partial charge < -0.3 is 87.1 Å². The van der Waals surface area contributed by atoms with Gasteiger partial charge in [0.2, 0.25) is 0 Å². The summed E-state index contributed by atoms with van der Waals surface area (Å²) in [5.74, 6) is -11.4. The second-order valence-electron chi connectivity index (χ2n) is 42.4. The van der Waals surface area contributed by atoms with E-state index in [-0.39, 0.29) is 86.4 Å². The van der Waals surface area contributed by atoms with Gasteiger partial charge in [-0.05, 0) is 273 Å². The summed E-state index contributed by atoms with van der Waals surface area (Å²) in [6, 6.07) is 36.4. The first-order chi connectivity index (χ1) is 69.9. The number of aromatic nitrogens is 4. The third-order valence-corrected chi connectivity index (χ3v) is 30.7. The van der Waals surface area contributed by atoms with Gasteiger partial charge in [0, 0.05) is 83.8 Å². The standard InChI is InChI=1S/C56H76N4O11.C52H64N4O11.C7H16N2/c1-12-45-56(8)49(60(54(65)71-56)28-26-42-24-18-27-59(42)11)36(4)46(61)34(2)32-55(7,66-29-19-20-39-31-41-23-16-17-25-43(41)57-33-39)50(37(5)47(62)38(6)51(63)68-45)70-53-48(44(58(9)10)30-35(3)67-53)69-52(64)40-21-14-13-15-22-40;1-11-42-51(7,67-50(61)56-24-23-53-31-56)28-32(2)43(57)33(3)29-52(8,62-25-17-18-37-27-39-21-15-16-22-40(39)54-30-37)46(35(5)44(58)36(6)47(59)64-42)66-49-45(41(55(9)10)26-34(4)63-49)65-48(60)38-19-13-12-14-20-38;1-9-6-2-3-7(9)4-5-8/h13-17,19-23,25,31,33-38,42,44-45,48-50,53H,12,18,24,26-30,32H2,1-11H3;12-24,27-28,30-31,33-36,41-42,45-46,49H,11,25-26,29H2,1-10H3;7H,2-6,8H2,1H3/b20-19+;18-17+,32-28+;/t34-,35-,36+,37+,38-,42?,44+,45-,48-,49-,50-,53+,55-,56-;33-,34-,35+,36-,41+,42-,45-,46-,49+,51+,52-;7-/m111/s1. The van der Waals surface area contributed by atoms with Gasteiger partial charge in [0.25, 0.3) is 0 Å². The Balaban J connectivity index is 0.000000240. The Kier molecular flexibility index (Phi) is 40.2. The molecule has 0 radical (unpaired) electrons. The average Bonchev–Trinajstić information content (AvgIpc) is 1.60. The Hall–Kier alpha value is -11.0. The predicted octanol–water partition coefficient (Wildman–Crippen LogP) is 16.7. The molecule has 1 unspecified atom stereocenters. The maximum absolute atomic E-state index is 15.3. The van der Waals surface area contributed by atoms with Crippen LogP contribution in [0.15, 0.2) is 176 Å². The minimum atomic E-state index is -1.65. The second-order valence-corrected chi connectivity index (χ2v) is 42.4. The van der Waals surface area contributed by atoms with Gasteiger partial charge in [-0.2, -0.15) is 0 Å². The van der Waals surface area contributed by atoms with Crippen LogP contribution in [0.4, 0.5) is 9.59 Å². The molecule has 6 saturated heterocycles. The minimum absolute atomic E-state index is 0.00650. The molecule has 147 heavy (non-hydrogen) atoms. The molecular weight excluding hydrogens is 1870 g/mol. The largest absolute Gasteiger partial charge is 0.458 e. The number of hydrogen-bond donors (Lipinski definition) is 1. The van der Waals surface area contributed by atoms with E-state index < -0.39 is 167 Å². The molecule has 0 aliphatic carbocycles. The van der Waals surface area contributed by atoms with Crippen LogP contribution in [-0.4, -0.2) is 299 Å². The van der Waals surface area contributed by atoms with Crippen LogP contribution < -0.4 is 5.73 Å². The molecule has 3 aromatic heterocycles. The number of likely N-dealkylation sites (tertiary alicyclic amines) is 2. The van der Waals surface area contributed by atoms with Gasteiger partial charge in [0.15, 0.2) is 53.3 Å². The van der Waals surface area contributed by atoms with Crippen LogP contribution in [0.1, 0.15) is 220 Å². The van der Waals surface area contributed by atoms with E-state index in [0.29, 0.717) is 36.9 Å². The van der Waals surface area contributed by atoms with Crippen LogP contribution in [0, 0.1) is 41.4 Å². The fraction of sp³-hybridized carbons (Fsp3) is 0.574. The molecule has 10 heterocycles. The summed E-state index contributed by atoms with van der Waals surface area (Å²) < 4.78 is 79.5. The molecule has 7 aromatic rings. The van der Waals surface area contributed by atoms with Gasteiger partial charge >= 0.3 is 36.1 Å². The number of fused-ring (bicyclic) bond motifs is 3. The quantitative estimate of drug-likeness (QED) is 0.0299. The smallest absolute Gasteiger partial charge is 0.420 e. The van der Waals surface area contributed by atoms with Crippen molar-refractivity contribution in [3.05, 3.63) is 198 Å². The van der Waals surface area contributed by atoms with Crippen molar-refractivity contribution in [3.63, 3.8) is 0 Å². The first-order valence-electron chi connectivity index (χ1n) is 52.3. The normalized spacial score (nSPS) is 32.6. The summed E-state index contributed by atoms with van der Waals surface area (Å²) in [5.41, 5.74) is 3.79. The van der Waals surface area contributed by atoms with E-state index in [1.807, 2.05) is 171 Å². The first-order valence-corrected chi connectivity index (χ1v) is 52.3. The number of rotatable bonds is 26. The SMILES string of the molecule is CC[C@H]1OC(=O)[C@H](C)C(=O)[C@H](C)[C@@H](O[C@@H]2O[C@H](C)C[C@H](N(C)C)[C@H]2OC(=O)c2ccccc2)[C@](C)(OC/C=C/c2cnc3ccccc3c2)C[C@@H](C)C(=O)/C(C)=C/[C@]1(C)OC(=O)n1ccnc1.CC[C@H]1OC(=O)[C@H](C)C(=O)[C@H](C)[C@@H](O[C@@H]2O[C@H](C)C[C@H](N(C)C)[C@H]2OC(=O)c2ccccc2)[C@](C)(OC/C=C/c2cnc3ccccc3c2)C[C@@H](C)C(=O)[C@H](C)[C@H]2N(CCC3CCCN3C)C(=O)O[C@]12C.CN1CCC[C@@H]1CCN. The topological polar surface area (TPSA) is 367 Å². The fourth-order valence-corrected chi connectivity index (χ4v) is 22.5. The third-order valence-electron chi connectivity index (χ3n) is 30.7. The molecule has 32 heteroatoms. The van der Waals surface area contributed by atoms with Crippen LogP contribution in [0.5, 0.6) is 0 Å². The molecule has 32 nitrogen and oxygen atoms in total. The van der Waals surface area contributed by atoms with Crippen molar-refractivity contribution in [2.24, 2.45) is 47.2 Å². The number of ether oxygens (including phenoxy) is 12. The molecule has 0 spiro atoms. The molecule has 1 amide bonds. The fourth-order valence-electron chi connectivity index (χ4n) is 22.5. The molecule has 7 aliphatic heterocycles. The number of allylic oxidation sites excluding steroid dienone is 1. The van der Waals surface area contributed by atoms with Crippen LogP contribution in [0.25, 0.3) is 34.0 Å². The maximum Gasteiger partial charge on any atom is 0.420 e. The van der Waals surface area contributed by atoms with E-state index in [0.717, 1.165) is 69.5 Å². The van der Waals surface area contributed by atoms with E-state index in [2.05, 4.69) is 38.8 Å². The number of esters is 4. The van der Waals surface area contributed by atoms with Crippen LogP contribution in [0.2, 0.25) is 0 Å². The van der Waals surface area contributed by atoms with Gasteiger partial charge in [-0.3, -0.25) is 38.7 Å². The number of amides is 1. The van der Waals surface area contributed by atoms with Gasteiger partial charge in [0.05, 0.1) is 89.1 Å². The number of carbonyl (C=O) groups is 10. The highest BCUT2D eigenvalue weighted by Crippen LogP contribution is 2.46. The molecule has 6 fully saturated rings. The number of benzene rings is 4. The van der Waals surface area contributed by atoms with Crippen LogP contribution in [-0.2, 0) is 85.6 Å². The molecule has 4 aromatic carbocycles. The Morgan fingerprint density at radius 3 is 1.45 bits per heavy atom. The molecule has 0 bridgehead atoms.